The fourth-order valence-corrected chi connectivity index (χ4v) is 3.25. The molecule has 108 valence electrons. The summed E-state index contributed by atoms with van der Waals surface area (Å²) in [4.78, 5) is 3.33. The van der Waals surface area contributed by atoms with Crippen LogP contribution in [0.2, 0.25) is 0 Å². The molecule has 0 atom stereocenters. The van der Waals surface area contributed by atoms with Crippen molar-refractivity contribution in [3.8, 4) is 0 Å². The largest absolute Gasteiger partial charge is 0.363 e. The summed E-state index contributed by atoms with van der Waals surface area (Å²) in [5, 5.41) is 3.35. The third-order valence-electron chi connectivity index (χ3n) is 3.00. The van der Waals surface area contributed by atoms with Gasteiger partial charge < -0.3 is 10.3 Å². The Morgan fingerprint density at radius 2 is 2.26 bits per heavy atom. The molecule has 1 aliphatic carbocycles. The molecule has 5 nitrogen and oxygen atoms in total. The number of sulfonamides is 1. The molecule has 1 aromatic rings. The lowest BCUT2D eigenvalue weighted by Gasteiger charge is -2.03. The SMILES string of the molecule is CSCCCNS(=O)(=O)c1c[nH]c(CNC2CC2)c1. The van der Waals surface area contributed by atoms with Crippen LogP contribution in [0.1, 0.15) is 25.0 Å². The summed E-state index contributed by atoms with van der Waals surface area (Å²) in [6, 6.07) is 2.32. The number of rotatable bonds is 9. The van der Waals surface area contributed by atoms with E-state index in [1.54, 1.807) is 24.0 Å². The van der Waals surface area contributed by atoms with E-state index in [1.807, 2.05) is 6.26 Å². The second-order valence-corrected chi connectivity index (χ2v) is 7.51. The Bertz CT molecular complexity index is 495. The Labute approximate surface area is 119 Å². The molecule has 19 heavy (non-hydrogen) atoms. The van der Waals surface area contributed by atoms with Gasteiger partial charge >= 0.3 is 0 Å². The van der Waals surface area contributed by atoms with Gasteiger partial charge in [-0.25, -0.2) is 13.1 Å². The van der Waals surface area contributed by atoms with Crippen LogP contribution in [-0.4, -0.2) is 38.0 Å². The molecule has 2 rings (SSSR count). The van der Waals surface area contributed by atoms with E-state index >= 15 is 0 Å². The van der Waals surface area contributed by atoms with Crippen LogP contribution in [0, 0.1) is 0 Å². The van der Waals surface area contributed by atoms with Crippen LogP contribution >= 0.6 is 11.8 Å². The Morgan fingerprint density at radius 3 is 2.95 bits per heavy atom. The molecule has 0 radical (unpaired) electrons. The van der Waals surface area contributed by atoms with E-state index in [-0.39, 0.29) is 0 Å². The van der Waals surface area contributed by atoms with E-state index in [1.165, 1.54) is 12.8 Å². The van der Waals surface area contributed by atoms with E-state index in [9.17, 15) is 8.42 Å². The molecule has 0 bridgehead atoms. The number of nitrogens with one attached hydrogen (secondary N) is 3. The van der Waals surface area contributed by atoms with Crippen LogP contribution in [0.5, 0.6) is 0 Å². The van der Waals surface area contributed by atoms with Crippen LogP contribution in [0.4, 0.5) is 0 Å². The lowest BCUT2D eigenvalue weighted by Crippen LogP contribution is -2.24. The van der Waals surface area contributed by atoms with Crippen molar-refractivity contribution in [3.63, 3.8) is 0 Å². The van der Waals surface area contributed by atoms with Crippen LogP contribution < -0.4 is 10.0 Å². The third kappa shape index (κ3) is 4.83. The molecule has 0 saturated heterocycles. The Hall–Kier alpha value is -0.500. The van der Waals surface area contributed by atoms with Crippen molar-refractivity contribution in [2.45, 2.75) is 36.7 Å². The van der Waals surface area contributed by atoms with Crippen molar-refractivity contribution in [3.05, 3.63) is 18.0 Å². The zero-order valence-electron chi connectivity index (χ0n) is 11.1. The summed E-state index contributed by atoms with van der Waals surface area (Å²) >= 11 is 1.72. The minimum atomic E-state index is -3.36. The predicted octanol–water partition coefficient (Wildman–Crippen LogP) is 1.30. The molecule has 0 spiro atoms. The lowest BCUT2D eigenvalue weighted by atomic mass is 10.4. The molecule has 0 unspecified atom stereocenters. The maximum Gasteiger partial charge on any atom is 0.242 e. The molecule has 0 aliphatic heterocycles. The summed E-state index contributed by atoms with van der Waals surface area (Å²) < 4.78 is 26.6. The van der Waals surface area contributed by atoms with Gasteiger partial charge in [-0.15, -0.1) is 0 Å². The van der Waals surface area contributed by atoms with Gasteiger partial charge in [0.2, 0.25) is 10.0 Å². The number of H-pyrrole nitrogens is 1. The Morgan fingerprint density at radius 1 is 1.47 bits per heavy atom. The van der Waals surface area contributed by atoms with Gasteiger partial charge in [-0.2, -0.15) is 11.8 Å². The second-order valence-electron chi connectivity index (χ2n) is 4.76. The average Bonchev–Trinajstić information content (AvgIpc) is 3.08. The fraction of sp³-hybridized carbons (Fsp3) is 0.667. The van der Waals surface area contributed by atoms with Gasteiger partial charge in [0.15, 0.2) is 0 Å². The topological polar surface area (TPSA) is 74.0 Å². The first-order valence-corrected chi connectivity index (χ1v) is 9.39. The molecule has 3 N–H and O–H groups in total. The molecule has 0 amide bonds. The van der Waals surface area contributed by atoms with Crippen molar-refractivity contribution >= 4 is 21.8 Å². The fourth-order valence-electron chi connectivity index (χ4n) is 1.72. The van der Waals surface area contributed by atoms with Crippen LogP contribution in [0.25, 0.3) is 0 Å². The van der Waals surface area contributed by atoms with Crippen molar-refractivity contribution in [2.24, 2.45) is 0 Å². The quantitative estimate of drug-likeness (QED) is 0.601. The van der Waals surface area contributed by atoms with Gasteiger partial charge in [0.05, 0.1) is 4.90 Å². The number of thioether (sulfide) groups is 1. The van der Waals surface area contributed by atoms with E-state index in [2.05, 4.69) is 15.0 Å². The zero-order chi connectivity index (χ0) is 13.7. The number of aromatic nitrogens is 1. The van der Waals surface area contributed by atoms with Gasteiger partial charge in [0.1, 0.15) is 0 Å². The Balaban J connectivity index is 1.84. The van der Waals surface area contributed by atoms with Crippen LogP contribution in [0.3, 0.4) is 0 Å². The summed E-state index contributed by atoms with van der Waals surface area (Å²) in [5.41, 5.74) is 0.913. The molecule has 0 aromatic carbocycles. The molecule has 7 heteroatoms. The molecule has 1 aromatic heterocycles. The summed E-state index contributed by atoms with van der Waals surface area (Å²) in [6.45, 7) is 1.19. The molecular formula is C12H21N3O2S2. The van der Waals surface area contributed by atoms with Gasteiger partial charge in [0, 0.05) is 31.0 Å². The number of hydrogen-bond acceptors (Lipinski definition) is 4. The molecule has 1 fully saturated rings. The van der Waals surface area contributed by atoms with E-state index in [4.69, 9.17) is 0 Å². The highest BCUT2D eigenvalue weighted by atomic mass is 32.2. The standard InChI is InChI=1S/C12H21N3O2S2/c1-18-6-2-5-15-19(16,17)12-7-11(14-9-12)8-13-10-3-4-10/h7,9-10,13-15H,2-6,8H2,1H3. The van der Waals surface area contributed by atoms with Gasteiger partial charge in [-0.3, -0.25) is 0 Å². The molecule has 1 heterocycles. The first-order valence-electron chi connectivity index (χ1n) is 6.51. The number of aromatic amines is 1. The minimum Gasteiger partial charge on any atom is -0.363 e. The normalized spacial score (nSPS) is 15.8. The van der Waals surface area contributed by atoms with E-state index in [0.29, 0.717) is 24.0 Å². The smallest absolute Gasteiger partial charge is 0.242 e. The Kier molecular flexibility index (Phi) is 5.32. The maximum absolute atomic E-state index is 12.0. The summed E-state index contributed by atoms with van der Waals surface area (Å²) in [6.07, 6.45) is 6.87. The second kappa shape index (κ2) is 6.78. The average molecular weight is 303 g/mol. The lowest BCUT2D eigenvalue weighted by molar-refractivity contribution is 0.581. The van der Waals surface area contributed by atoms with Crippen molar-refractivity contribution in [1.29, 1.82) is 0 Å². The monoisotopic (exact) mass is 303 g/mol. The first kappa shape index (κ1) is 14.9. The minimum absolute atomic E-state index is 0.323. The van der Waals surface area contributed by atoms with Crippen molar-refractivity contribution in [2.75, 3.05) is 18.6 Å². The van der Waals surface area contributed by atoms with Crippen LogP contribution in [-0.2, 0) is 16.6 Å². The van der Waals surface area contributed by atoms with Gasteiger partial charge in [-0.1, -0.05) is 0 Å². The highest BCUT2D eigenvalue weighted by Gasteiger charge is 2.21. The van der Waals surface area contributed by atoms with Crippen molar-refractivity contribution in [1.82, 2.24) is 15.0 Å². The third-order valence-corrected chi connectivity index (χ3v) is 5.14. The van der Waals surface area contributed by atoms with E-state index < -0.39 is 10.0 Å². The first-order chi connectivity index (χ1) is 9.12. The highest BCUT2D eigenvalue weighted by molar-refractivity contribution is 7.98. The summed E-state index contributed by atoms with van der Waals surface area (Å²) in [7, 11) is -3.36. The maximum atomic E-state index is 12.0. The van der Waals surface area contributed by atoms with E-state index in [0.717, 1.165) is 17.9 Å². The number of hydrogen-bond donors (Lipinski definition) is 3. The predicted molar refractivity (Wildman–Crippen MR) is 78.8 cm³/mol. The van der Waals surface area contributed by atoms with Gasteiger partial charge in [-0.05, 0) is 37.3 Å². The molecular weight excluding hydrogens is 282 g/mol. The molecule has 1 aliphatic rings. The van der Waals surface area contributed by atoms with Crippen LogP contribution in [0.15, 0.2) is 17.2 Å². The summed E-state index contributed by atoms with van der Waals surface area (Å²) in [5.74, 6) is 0.964. The molecule has 1 saturated carbocycles. The zero-order valence-corrected chi connectivity index (χ0v) is 12.7. The highest BCUT2D eigenvalue weighted by Crippen LogP contribution is 2.19. The van der Waals surface area contributed by atoms with Gasteiger partial charge in [0.25, 0.3) is 0 Å². The van der Waals surface area contributed by atoms with Crippen molar-refractivity contribution < 1.29 is 8.42 Å².